The Morgan fingerprint density at radius 3 is 2.61 bits per heavy atom. The summed E-state index contributed by atoms with van der Waals surface area (Å²) in [6.07, 6.45) is 0.859. The molecule has 5 heteroatoms. The van der Waals surface area contributed by atoms with Gasteiger partial charge in [-0.3, -0.25) is 9.59 Å². The van der Waals surface area contributed by atoms with Gasteiger partial charge in [0.05, 0.1) is 12.1 Å². The standard InChI is InChI=1S/C13H24N2O3/c1-6-9(2)11-12(17)15(7-10(16)14-11)8-13(3,4)18-5/h9,11H,6-8H2,1-5H3,(H,14,16). The second-order valence-corrected chi connectivity index (χ2v) is 5.59. The maximum absolute atomic E-state index is 12.3. The molecule has 1 heterocycles. The SMILES string of the molecule is CCC(C)C1NC(=O)CN(CC(C)(C)OC)C1=O. The summed E-state index contributed by atoms with van der Waals surface area (Å²) in [6, 6.07) is -0.399. The highest BCUT2D eigenvalue weighted by molar-refractivity contribution is 5.95. The maximum Gasteiger partial charge on any atom is 0.245 e. The fraction of sp³-hybridized carbons (Fsp3) is 0.846. The Hall–Kier alpha value is -1.10. The number of ether oxygens (including phenoxy) is 1. The van der Waals surface area contributed by atoms with Gasteiger partial charge in [-0.2, -0.15) is 0 Å². The van der Waals surface area contributed by atoms with Gasteiger partial charge in [0.1, 0.15) is 6.04 Å². The summed E-state index contributed by atoms with van der Waals surface area (Å²) in [5.74, 6) is 0.0517. The van der Waals surface area contributed by atoms with E-state index in [1.54, 1.807) is 12.0 Å². The van der Waals surface area contributed by atoms with Crippen molar-refractivity contribution in [1.82, 2.24) is 10.2 Å². The lowest BCUT2D eigenvalue weighted by Gasteiger charge is -2.38. The zero-order valence-corrected chi connectivity index (χ0v) is 11.9. The number of hydrogen-bond donors (Lipinski definition) is 1. The average molecular weight is 256 g/mol. The fourth-order valence-corrected chi connectivity index (χ4v) is 2.01. The van der Waals surface area contributed by atoms with Crippen LogP contribution in [0.1, 0.15) is 34.1 Å². The second kappa shape index (κ2) is 5.69. The fourth-order valence-electron chi connectivity index (χ4n) is 2.01. The zero-order chi connectivity index (χ0) is 13.9. The van der Waals surface area contributed by atoms with Crippen molar-refractivity contribution in [3.05, 3.63) is 0 Å². The molecule has 0 aliphatic carbocycles. The van der Waals surface area contributed by atoms with Crippen molar-refractivity contribution in [2.75, 3.05) is 20.2 Å². The first kappa shape index (κ1) is 15.0. The Balaban J connectivity index is 2.80. The third-order valence-corrected chi connectivity index (χ3v) is 3.57. The van der Waals surface area contributed by atoms with E-state index in [1.807, 2.05) is 27.7 Å². The third kappa shape index (κ3) is 3.45. The first-order valence-corrected chi connectivity index (χ1v) is 6.44. The van der Waals surface area contributed by atoms with Crippen LogP contribution in [0.15, 0.2) is 0 Å². The molecule has 2 amide bonds. The molecule has 0 radical (unpaired) electrons. The van der Waals surface area contributed by atoms with Crippen LogP contribution in [0.25, 0.3) is 0 Å². The normalized spacial score (nSPS) is 22.9. The van der Waals surface area contributed by atoms with Crippen LogP contribution in [-0.2, 0) is 14.3 Å². The van der Waals surface area contributed by atoms with Crippen molar-refractivity contribution in [2.45, 2.75) is 45.8 Å². The van der Waals surface area contributed by atoms with Crippen molar-refractivity contribution in [1.29, 1.82) is 0 Å². The van der Waals surface area contributed by atoms with E-state index >= 15 is 0 Å². The molecule has 0 bridgehead atoms. The van der Waals surface area contributed by atoms with E-state index in [2.05, 4.69) is 5.32 Å². The van der Waals surface area contributed by atoms with Crippen molar-refractivity contribution >= 4 is 11.8 Å². The molecule has 5 nitrogen and oxygen atoms in total. The van der Waals surface area contributed by atoms with Crippen molar-refractivity contribution in [3.8, 4) is 0 Å². The monoisotopic (exact) mass is 256 g/mol. The lowest BCUT2D eigenvalue weighted by molar-refractivity contribution is -0.149. The van der Waals surface area contributed by atoms with E-state index < -0.39 is 11.6 Å². The maximum atomic E-state index is 12.3. The van der Waals surface area contributed by atoms with Gasteiger partial charge in [-0.05, 0) is 19.8 Å². The quantitative estimate of drug-likeness (QED) is 0.791. The van der Waals surface area contributed by atoms with Gasteiger partial charge in [0.15, 0.2) is 0 Å². The van der Waals surface area contributed by atoms with Crippen LogP contribution in [0.2, 0.25) is 0 Å². The van der Waals surface area contributed by atoms with Crippen molar-refractivity contribution < 1.29 is 14.3 Å². The van der Waals surface area contributed by atoms with Gasteiger partial charge in [0.25, 0.3) is 0 Å². The minimum atomic E-state index is -0.437. The Morgan fingerprint density at radius 1 is 1.50 bits per heavy atom. The van der Waals surface area contributed by atoms with Crippen LogP contribution in [0, 0.1) is 5.92 Å². The van der Waals surface area contributed by atoms with Crippen LogP contribution in [0.4, 0.5) is 0 Å². The summed E-state index contributed by atoms with van der Waals surface area (Å²) >= 11 is 0. The highest BCUT2D eigenvalue weighted by atomic mass is 16.5. The highest BCUT2D eigenvalue weighted by Crippen LogP contribution is 2.17. The molecule has 1 aliphatic heterocycles. The summed E-state index contributed by atoms with van der Waals surface area (Å²) in [7, 11) is 1.61. The van der Waals surface area contributed by atoms with Gasteiger partial charge in [-0.25, -0.2) is 0 Å². The molecule has 2 unspecified atom stereocenters. The molecule has 0 aromatic rings. The summed E-state index contributed by atoms with van der Waals surface area (Å²) in [5.41, 5.74) is -0.437. The Morgan fingerprint density at radius 2 is 2.11 bits per heavy atom. The minimum Gasteiger partial charge on any atom is -0.377 e. The topological polar surface area (TPSA) is 58.6 Å². The molecular formula is C13H24N2O3. The van der Waals surface area contributed by atoms with Crippen LogP contribution in [0.3, 0.4) is 0 Å². The summed E-state index contributed by atoms with van der Waals surface area (Å²) in [6.45, 7) is 8.37. The predicted octanol–water partition coefficient (Wildman–Crippen LogP) is 0.784. The van der Waals surface area contributed by atoms with Crippen LogP contribution >= 0.6 is 0 Å². The number of amides is 2. The number of carbonyl (C=O) groups is 2. The van der Waals surface area contributed by atoms with E-state index in [-0.39, 0.29) is 24.3 Å². The molecule has 0 aromatic heterocycles. The van der Waals surface area contributed by atoms with Gasteiger partial charge in [0, 0.05) is 13.7 Å². The minimum absolute atomic E-state index is 0.00549. The van der Waals surface area contributed by atoms with Gasteiger partial charge in [0.2, 0.25) is 11.8 Å². The Bertz CT molecular complexity index is 328. The van der Waals surface area contributed by atoms with Gasteiger partial charge in [-0.1, -0.05) is 20.3 Å². The molecule has 104 valence electrons. The summed E-state index contributed by atoms with van der Waals surface area (Å²) in [4.78, 5) is 25.6. The predicted molar refractivity (Wildman–Crippen MR) is 69.1 cm³/mol. The van der Waals surface area contributed by atoms with Gasteiger partial charge in [-0.15, -0.1) is 0 Å². The lowest BCUT2D eigenvalue weighted by atomic mass is 9.95. The molecule has 1 rings (SSSR count). The first-order chi connectivity index (χ1) is 8.30. The first-order valence-electron chi connectivity index (χ1n) is 6.44. The third-order valence-electron chi connectivity index (χ3n) is 3.57. The lowest BCUT2D eigenvalue weighted by Crippen LogP contribution is -2.62. The number of rotatable bonds is 5. The molecule has 1 aliphatic rings. The second-order valence-electron chi connectivity index (χ2n) is 5.59. The molecule has 1 N–H and O–H groups in total. The van der Waals surface area contributed by atoms with E-state index in [9.17, 15) is 9.59 Å². The molecule has 2 atom stereocenters. The summed E-state index contributed by atoms with van der Waals surface area (Å²) < 4.78 is 5.32. The molecule has 0 spiro atoms. The molecule has 18 heavy (non-hydrogen) atoms. The van der Waals surface area contributed by atoms with E-state index in [4.69, 9.17) is 4.74 Å². The number of carbonyl (C=O) groups excluding carboxylic acids is 2. The highest BCUT2D eigenvalue weighted by Gasteiger charge is 2.37. The number of piperazine rings is 1. The number of methoxy groups -OCH3 is 1. The van der Waals surface area contributed by atoms with Crippen LogP contribution < -0.4 is 5.32 Å². The van der Waals surface area contributed by atoms with E-state index in [0.717, 1.165) is 6.42 Å². The molecular weight excluding hydrogens is 232 g/mol. The number of nitrogens with one attached hydrogen (secondary N) is 1. The van der Waals surface area contributed by atoms with Crippen molar-refractivity contribution in [3.63, 3.8) is 0 Å². The average Bonchev–Trinajstić information content (AvgIpc) is 2.32. The molecule has 0 saturated carbocycles. The van der Waals surface area contributed by atoms with E-state index in [0.29, 0.717) is 6.54 Å². The zero-order valence-electron chi connectivity index (χ0n) is 11.9. The number of hydrogen-bond acceptors (Lipinski definition) is 3. The smallest absolute Gasteiger partial charge is 0.245 e. The van der Waals surface area contributed by atoms with E-state index in [1.165, 1.54) is 0 Å². The van der Waals surface area contributed by atoms with Gasteiger partial charge < -0.3 is 15.0 Å². The van der Waals surface area contributed by atoms with Crippen LogP contribution in [-0.4, -0.2) is 48.6 Å². The Kier molecular flexibility index (Phi) is 4.73. The van der Waals surface area contributed by atoms with Crippen molar-refractivity contribution in [2.24, 2.45) is 5.92 Å². The Labute approximate surface area is 109 Å². The molecule has 1 fully saturated rings. The number of nitrogens with zero attached hydrogens (tertiary/aromatic N) is 1. The molecule has 1 saturated heterocycles. The van der Waals surface area contributed by atoms with Gasteiger partial charge >= 0.3 is 0 Å². The largest absolute Gasteiger partial charge is 0.377 e. The summed E-state index contributed by atoms with van der Waals surface area (Å²) in [5, 5.41) is 2.78. The molecule has 0 aromatic carbocycles. The van der Waals surface area contributed by atoms with Crippen LogP contribution in [0.5, 0.6) is 0 Å².